The van der Waals surface area contributed by atoms with Crippen LogP contribution in [0.2, 0.25) is 0 Å². The Morgan fingerprint density at radius 1 is 1.53 bits per heavy atom. The number of hydrogen-bond donors (Lipinski definition) is 2. The Morgan fingerprint density at radius 2 is 2.35 bits per heavy atom. The molecule has 0 aliphatic heterocycles. The van der Waals surface area contributed by atoms with E-state index in [9.17, 15) is 9.18 Å². The molecule has 0 atom stereocenters. The molecule has 0 saturated carbocycles. The van der Waals surface area contributed by atoms with E-state index in [1.165, 1.54) is 12.1 Å². The lowest BCUT2D eigenvalue weighted by Crippen LogP contribution is -2.24. The number of halogens is 2. The first-order chi connectivity index (χ1) is 8.16. The maximum absolute atomic E-state index is 13.4. The third-order valence-corrected chi connectivity index (χ3v) is 2.47. The fourth-order valence-corrected chi connectivity index (χ4v) is 1.52. The van der Waals surface area contributed by atoms with Gasteiger partial charge in [-0.1, -0.05) is 21.1 Å². The second-order valence-electron chi connectivity index (χ2n) is 3.13. The van der Waals surface area contributed by atoms with Crippen LogP contribution in [0.5, 0.6) is 0 Å². The number of nitrogens with zero attached hydrogens (tertiary/aromatic N) is 3. The van der Waals surface area contributed by atoms with E-state index in [1.807, 2.05) is 0 Å². The van der Waals surface area contributed by atoms with Crippen LogP contribution in [0.3, 0.4) is 0 Å². The minimum atomic E-state index is -0.593. The van der Waals surface area contributed by atoms with E-state index in [1.54, 1.807) is 6.07 Å². The summed E-state index contributed by atoms with van der Waals surface area (Å²) in [6.45, 7) is 0.0881. The summed E-state index contributed by atoms with van der Waals surface area (Å²) in [5.41, 5.74) is -0.0308. The molecule has 88 valence electrons. The molecular formula is C9H7BrFN5O. The molecule has 0 radical (unpaired) electrons. The van der Waals surface area contributed by atoms with Crippen LogP contribution < -0.4 is 5.32 Å². The molecule has 1 aromatic heterocycles. The Labute approximate surface area is 104 Å². The van der Waals surface area contributed by atoms with Crippen LogP contribution in [0, 0.1) is 5.82 Å². The van der Waals surface area contributed by atoms with E-state index in [0.717, 1.165) is 0 Å². The number of carbonyl (C=O) groups excluding carboxylic acids is 1. The van der Waals surface area contributed by atoms with Crippen LogP contribution in [-0.4, -0.2) is 26.5 Å². The quantitative estimate of drug-likeness (QED) is 0.887. The SMILES string of the molecule is O=C(NCc1nn[nH]n1)c1ccc(Br)cc1F. The molecule has 0 saturated heterocycles. The monoisotopic (exact) mass is 299 g/mol. The number of aromatic nitrogens is 4. The summed E-state index contributed by atoms with van der Waals surface area (Å²) < 4.78 is 14.0. The predicted octanol–water partition coefficient (Wildman–Crippen LogP) is 1.03. The summed E-state index contributed by atoms with van der Waals surface area (Å²) in [6.07, 6.45) is 0. The summed E-state index contributed by atoms with van der Waals surface area (Å²) in [4.78, 5) is 11.6. The average molecular weight is 300 g/mol. The van der Waals surface area contributed by atoms with E-state index in [0.29, 0.717) is 10.3 Å². The molecule has 1 amide bonds. The van der Waals surface area contributed by atoms with Crippen molar-refractivity contribution in [1.82, 2.24) is 25.9 Å². The van der Waals surface area contributed by atoms with E-state index in [4.69, 9.17) is 0 Å². The van der Waals surface area contributed by atoms with Gasteiger partial charge in [-0.05, 0) is 18.2 Å². The van der Waals surface area contributed by atoms with Gasteiger partial charge < -0.3 is 5.32 Å². The highest BCUT2D eigenvalue weighted by Crippen LogP contribution is 2.15. The van der Waals surface area contributed by atoms with Crippen molar-refractivity contribution in [1.29, 1.82) is 0 Å². The van der Waals surface area contributed by atoms with Gasteiger partial charge in [0.05, 0.1) is 12.1 Å². The minimum absolute atomic E-state index is 0.0308. The van der Waals surface area contributed by atoms with Gasteiger partial charge in [-0.2, -0.15) is 5.21 Å². The van der Waals surface area contributed by atoms with Crippen molar-refractivity contribution in [2.75, 3.05) is 0 Å². The number of rotatable bonds is 3. The molecule has 2 aromatic rings. The van der Waals surface area contributed by atoms with Crippen LogP contribution >= 0.6 is 15.9 Å². The Hall–Kier alpha value is -1.83. The zero-order valence-corrected chi connectivity index (χ0v) is 10.0. The van der Waals surface area contributed by atoms with Crippen LogP contribution in [0.4, 0.5) is 4.39 Å². The highest BCUT2D eigenvalue weighted by Gasteiger charge is 2.12. The van der Waals surface area contributed by atoms with Gasteiger partial charge in [0.2, 0.25) is 0 Å². The van der Waals surface area contributed by atoms with Gasteiger partial charge in [-0.15, -0.1) is 10.2 Å². The summed E-state index contributed by atoms with van der Waals surface area (Å²) in [7, 11) is 0. The maximum atomic E-state index is 13.4. The van der Waals surface area contributed by atoms with Crippen LogP contribution in [0.1, 0.15) is 16.2 Å². The van der Waals surface area contributed by atoms with Crippen LogP contribution in [0.25, 0.3) is 0 Å². The molecule has 0 fully saturated rings. The first-order valence-corrected chi connectivity index (χ1v) is 5.41. The number of H-pyrrole nitrogens is 1. The number of aromatic amines is 1. The molecule has 0 unspecified atom stereocenters. The maximum Gasteiger partial charge on any atom is 0.254 e. The van der Waals surface area contributed by atoms with E-state index in [2.05, 4.69) is 41.9 Å². The Balaban J connectivity index is 2.04. The smallest absolute Gasteiger partial charge is 0.254 e. The molecule has 0 spiro atoms. The molecule has 2 N–H and O–H groups in total. The third kappa shape index (κ3) is 2.84. The summed E-state index contributed by atoms with van der Waals surface area (Å²) in [5, 5.41) is 15.4. The first kappa shape index (κ1) is 11.6. The number of nitrogens with one attached hydrogen (secondary N) is 2. The van der Waals surface area contributed by atoms with E-state index in [-0.39, 0.29) is 12.1 Å². The second-order valence-corrected chi connectivity index (χ2v) is 4.05. The molecule has 0 bridgehead atoms. The standard InChI is InChI=1S/C9H7BrFN5O/c10-5-1-2-6(7(11)3-5)9(17)12-4-8-13-15-16-14-8/h1-3H,4H2,(H,12,17)(H,13,14,15,16). The Kier molecular flexibility index (Phi) is 3.43. The molecule has 0 aliphatic carbocycles. The molecule has 6 nitrogen and oxygen atoms in total. The van der Waals surface area contributed by atoms with E-state index >= 15 is 0 Å². The first-order valence-electron chi connectivity index (χ1n) is 4.62. The number of benzene rings is 1. The van der Waals surface area contributed by atoms with Crippen LogP contribution in [0.15, 0.2) is 22.7 Å². The Morgan fingerprint density at radius 3 is 3.00 bits per heavy atom. The second kappa shape index (κ2) is 5.00. The minimum Gasteiger partial charge on any atom is -0.344 e. The molecule has 1 heterocycles. The average Bonchev–Trinajstić information content (AvgIpc) is 2.78. The highest BCUT2D eigenvalue weighted by atomic mass is 79.9. The lowest BCUT2D eigenvalue weighted by atomic mass is 10.2. The van der Waals surface area contributed by atoms with Crippen molar-refractivity contribution in [2.45, 2.75) is 6.54 Å². The fraction of sp³-hybridized carbons (Fsp3) is 0.111. The normalized spacial score (nSPS) is 10.2. The van der Waals surface area contributed by atoms with Crippen molar-refractivity contribution in [2.24, 2.45) is 0 Å². The van der Waals surface area contributed by atoms with Crippen molar-refractivity contribution >= 4 is 21.8 Å². The molecule has 17 heavy (non-hydrogen) atoms. The number of carbonyl (C=O) groups is 1. The third-order valence-electron chi connectivity index (χ3n) is 1.97. The summed E-state index contributed by atoms with van der Waals surface area (Å²) in [5.74, 6) is -0.791. The largest absolute Gasteiger partial charge is 0.344 e. The van der Waals surface area contributed by atoms with Crippen molar-refractivity contribution in [3.05, 3.63) is 39.9 Å². The van der Waals surface area contributed by atoms with E-state index < -0.39 is 11.7 Å². The van der Waals surface area contributed by atoms with Gasteiger partial charge >= 0.3 is 0 Å². The zero-order chi connectivity index (χ0) is 12.3. The molecule has 8 heteroatoms. The zero-order valence-electron chi connectivity index (χ0n) is 8.44. The van der Waals surface area contributed by atoms with Gasteiger partial charge in [0, 0.05) is 4.47 Å². The topological polar surface area (TPSA) is 83.6 Å². The van der Waals surface area contributed by atoms with Gasteiger partial charge in [-0.3, -0.25) is 4.79 Å². The number of amides is 1. The molecule has 2 rings (SSSR count). The summed E-state index contributed by atoms with van der Waals surface area (Å²) >= 11 is 3.11. The molecule has 0 aliphatic rings. The predicted molar refractivity (Wildman–Crippen MR) is 59.4 cm³/mol. The van der Waals surface area contributed by atoms with Crippen LogP contribution in [-0.2, 0) is 6.54 Å². The molecular weight excluding hydrogens is 293 g/mol. The number of tetrazole rings is 1. The lowest BCUT2D eigenvalue weighted by molar-refractivity contribution is 0.0946. The fourth-order valence-electron chi connectivity index (χ4n) is 1.19. The number of hydrogen-bond acceptors (Lipinski definition) is 4. The molecule has 1 aromatic carbocycles. The van der Waals surface area contributed by atoms with Gasteiger partial charge in [0.25, 0.3) is 5.91 Å². The van der Waals surface area contributed by atoms with Gasteiger partial charge in [0.1, 0.15) is 5.82 Å². The van der Waals surface area contributed by atoms with Gasteiger partial charge in [-0.25, -0.2) is 4.39 Å². The Bertz CT molecular complexity index is 530. The summed E-state index contributed by atoms with van der Waals surface area (Å²) in [6, 6.07) is 4.21. The van der Waals surface area contributed by atoms with Crippen molar-refractivity contribution in [3.8, 4) is 0 Å². The van der Waals surface area contributed by atoms with Crippen molar-refractivity contribution in [3.63, 3.8) is 0 Å². The highest BCUT2D eigenvalue weighted by molar-refractivity contribution is 9.10. The van der Waals surface area contributed by atoms with Gasteiger partial charge in [0.15, 0.2) is 5.82 Å². The lowest BCUT2D eigenvalue weighted by Gasteiger charge is -2.03. The van der Waals surface area contributed by atoms with Crippen molar-refractivity contribution < 1.29 is 9.18 Å².